The molecule has 3 aliphatic rings. The molecule has 7 heteroatoms. The fourth-order valence-electron chi connectivity index (χ4n) is 4.59. The average molecular weight is 399 g/mol. The summed E-state index contributed by atoms with van der Waals surface area (Å²) in [6, 6.07) is 1.14. The van der Waals surface area contributed by atoms with Gasteiger partial charge >= 0.3 is 0 Å². The Hall–Kier alpha value is -2.39. The molecule has 1 saturated heterocycles. The fourth-order valence-corrected chi connectivity index (χ4v) is 4.79. The van der Waals surface area contributed by atoms with Crippen molar-refractivity contribution in [3.8, 4) is 6.07 Å². The molecular formula is C21H23ClN4O2. The molecule has 2 amide bonds. The minimum Gasteiger partial charge on any atom is -0.325 e. The van der Waals surface area contributed by atoms with Crippen LogP contribution in [0.1, 0.15) is 50.4 Å². The Balaban J connectivity index is 1.77. The average Bonchev–Trinajstić information content (AvgIpc) is 3.27. The second-order valence-electron chi connectivity index (χ2n) is 8.75. The number of rotatable bonds is 2. The van der Waals surface area contributed by atoms with Crippen molar-refractivity contribution in [3.05, 3.63) is 34.1 Å². The van der Waals surface area contributed by atoms with Crippen molar-refractivity contribution in [1.82, 2.24) is 14.8 Å². The lowest BCUT2D eigenvalue weighted by Gasteiger charge is -2.43. The highest BCUT2D eigenvalue weighted by molar-refractivity contribution is 6.32. The Bertz CT molecular complexity index is 941. The number of nitriles is 1. The first-order valence-corrected chi connectivity index (χ1v) is 9.99. The molecule has 0 spiro atoms. The summed E-state index contributed by atoms with van der Waals surface area (Å²) in [5, 5.41) is 9.94. The lowest BCUT2D eigenvalue weighted by Crippen LogP contribution is -2.58. The minimum absolute atomic E-state index is 0.155. The van der Waals surface area contributed by atoms with E-state index in [0.29, 0.717) is 30.0 Å². The smallest absolute Gasteiger partial charge is 0.255 e. The van der Waals surface area contributed by atoms with Crippen molar-refractivity contribution in [1.29, 1.82) is 5.26 Å². The van der Waals surface area contributed by atoms with Crippen molar-refractivity contribution < 1.29 is 9.59 Å². The van der Waals surface area contributed by atoms with Crippen molar-refractivity contribution in [2.45, 2.75) is 58.7 Å². The quantitative estimate of drug-likeness (QED) is 0.767. The molecule has 0 radical (unpaired) electrons. The number of allylic oxidation sites excluding steroid dienone is 1. The molecule has 1 aromatic heterocycles. The zero-order chi connectivity index (χ0) is 20.2. The van der Waals surface area contributed by atoms with E-state index < -0.39 is 17.5 Å². The molecule has 28 heavy (non-hydrogen) atoms. The molecular weight excluding hydrogens is 376 g/mol. The number of nitrogens with zero attached hydrogens (tertiary/aromatic N) is 4. The molecule has 2 aliphatic heterocycles. The number of carbonyl (C=O) groups excluding carboxylic acids is 2. The van der Waals surface area contributed by atoms with Gasteiger partial charge in [-0.05, 0) is 18.3 Å². The maximum Gasteiger partial charge on any atom is 0.255 e. The van der Waals surface area contributed by atoms with E-state index in [0.717, 1.165) is 23.2 Å². The van der Waals surface area contributed by atoms with Crippen molar-refractivity contribution in [3.63, 3.8) is 0 Å². The van der Waals surface area contributed by atoms with E-state index in [4.69, 9.17) is 11.6 Å². The highest BCUT2D eigenvalue weighted by Gasteiger charge is 2.47. The van der Waals surface area contributed by atoms with Gasteiger partial charge in [0.25, 0.3) is 5.91 Å². The third-order valence-electron chi connectivity index (χ3n) is 5.85. The summed E-state index contributed by atoms with van der Waals surface area (Å²) < 4.78 is 0. The number of hydrogen-bond acceptors (Lipinski definition) is 4. The largest absolute Gasteiger partial charge is 0.325 e. The van der Waals surface area contributed by atoms with Gasteiger partial charge < -0.3 is 9.80 Å². The number of carbonyl (C=O) groups is 2. The van der Waals surface area contributed by atoms with Crippen LogP contribution in [0.25, 0.3) is 5.57 Å². The molecule has 1 fully saturated rings. The molecule has 0 N–H and O–H groups in total. The van der Waals surface area contributed by atoms with Gasteiger partial charge in [-0.2, -0.15) is 5.26 Å². The van der Waals surface area contributed by atoms with Gasteiger partial charge in [-0.1, -0.05) is 38.4 Å². The van der Waals surface area contributed by atoms with Crippen LogP contribution in [0.4, 0.5) is 0 Å². The maximum absolute atomic E-state index is 13.5. The Labute approximate surface area is 169 Å². The predicted molar refractivity (Wildman–Crippen MR) is 105 cm³/mol. The van der Waals surface area contributed by atoms with Crippen molar-refractivity contribution in [2.75, 3.05) is 6.54 Å². The second kappa shape index (κ2) is 6.59. The molecule has 0 unspecified atom stereocenters. The Morgan fingerprint density at radius 3 is 2.86 bits per heavy atom. The first kappa shape index (κ1) is 18.9. The Kier molecular flexibility index (Phi) is 4.46. The van der Waals surface area contributed by atoms with Crippen molar-refractivity contribution in [2.24, 2.45) is 5.41 Å². The summed E-state index contributed by atoms with van der Waals surface area (Å²) >= 11 is 6.43. The number of halogens is 1. The van der Waals surface area contributed by atoms with E-state index in [1.165, 1.54) is 0 Å². The minimum atomic E-state index is -0.670. The van der Waals surface area contributed by atoms with Crippen LogP contribution in [0.5, 0.6) is 0 Å². The maximum atomic E-state index is 13.5. The molecule has 0 aromatic carbocycles. The summed E-state index contributed by atoms with van der Waals surface area (Å²) in [7, 11) is 0. The van der Waals surface area contributed by atoms with Gasteiger partial charge in [-0.3, -0.25) is 14.6 Å². The van der Waals surface area contributed by atoms with Crippen LogP contribution in [0.15, 0.2) is 12.3 Å². The van der Waals surface area contributed by atoms with E-state index in [-0.39, 0.29) is 18.4 Å². The summed E-state index contributed by atoms with van der Waals surface area (Å²) in [4.78, 5) is 34.5. The lowest BCUT2D eigenvalue weighted by atomic mass is 9.82. The van der Waals surface area contributed by atoms with Gasteiger partial charge in [-0.15, -0.1) is 0 Å². The second-order valence-corrected chi connectivity index (χ2v) is 9.16. The summed E-state index contributed by atoms with van der Waals surface area (Å²) in [5.41, 5.74) is 2.66. The van der Waals surface area contributed by atoms with Gasteiger partial charge in [-0.25, -0.2) is 0 Å². The lowest BCUT2D eigenvalue weighted by molar-refractivity contribution is -0.148. The zero-order valence-electron chi connectivity index (χ0n) is 16.3. The zero-order valence-corrected chi connectivity index (χ0v) is 17.1. The molecule has 4 rings (SSSR count). The monoisotopic (exact) mass is 398 g/mol. The number of likely N-dealkylation sites (tertiary alicyclic amines) is 1. The first-order valence-electron chi connectivity index (χ1n) is 9.62. The van der Waals surface area contributed by atoms with Crippen molar-refractivity contribution >= 4 is 29.0 Å². The van der Waals surface area contributed by atoms with E-state index in [9.17, 15) is 14.9 Å². The highest BCUT2D eigenvalue weighted by atomic mass is 35.5. The predicted octanol–water partition coefficient (Wildman–Crippen LogP) is 2.95. The standard InChI is InChI=1S/C21H23ClN4O2/c1-21(2,3)18(20(28)25-8-4-5-12(25)9-23)26-11-14-15(22)10-24-16-7-6-13(17(14)16)19(26)27/h6,10,12,18H,4-5,7-8,11H2,1-3H3/t12-,18-/m0/s1. The SMILES string of the molecule is CC(C)(C)[C@H](C(=O)N1CCC[C@H]1C#N)N1Cc2c(Cl)cnc3c2C(=CC3)C1=O. The summed E-state index contributed by atoms with van der Waals surface area (Å²) in [6.07, 6.45) is 5.60. The van der Waals surface area contributed by atoms with Crippen LogP contribution in [0, 0.1) is 16.7 Å². The van der Waals surface area contributed by atoms with Crippen LogP contribution in [-0.4, -0.2) is 45.2 Å². The van der Waals surface area contributed by atoms with Crippen LogP contribution in [0.2, 0.25) is 5.02 Å². The molecule has 6 nitrogen and oxygen atoms in total. The van der Waals surface area contributed by atoms with Gasteiger partial charge in [0.1, 0.15) is 12.1 Å². The molecule has 0 saturated carbocycles. The molecule has 3 heterocycles. The summed E-state index contributed by atoms with van der Waals surface area (Å²) in [5.74, 6) is -0.311. The van der Waals surface area contributed by atoms with Gasteiger partial charge in [0.15, 0.2) is 0 Å². The summed E-state index contributed by atoms with van der Waals surface area (Å²) in [6.45, 7) is 6.70. The number of hydrogen-bond donors (Lipinski definition) is 0. The van der Waals surface area contributed by atoms with Crippen LogP contribution < -0.4 is 0 Å². The molecule has 1 aromatic rings. The normalized spacial score (nSPS) is 22.0. The van der Waals surface area contributed by atoms with E-state index in [1.807, 2.05) is 26.8 Å². The van der Waals surface area contributed by atoms with Gasteiger partial charge in [0, 0.05) is 42.4 Å². The van der Waals surface area contributed by atoms with E-state index in [2.05, 4.69) is 11.1 Å². The number of aromatic nitrogens is 1. The van der Waals surface area contributed by atoms with Gasteiger partial charge in [0.05, 0.1) is 16.8 Å². The molecule has 0 bridgehead atoms. The Morgan fingerprint density at radius 2 is 2.18 bits per heavy atom. The first-order chi connectivity index (χ1) is 13.2. The Morgan fingerprint density at radius 1 is 1.43 bits per heavy atom. The third-order valence-corrected chi connectivity index (χ3v) is 6.18. The topological polar surface area (TPSA) is 77.3 Å². The van der Waals surface area contributed by atoms with Crippen LogP contribution >= 0.6 is 11.6 Å². The highest BCUT2D eigenvalue weighted by Crippen LogP contribution is 2.42. The molecule has 2 atom stereocenters. The van der Waals surface area contributed by atoms with Crippen LogP contribution in [0.3, 0.4) is 0 Å². The van der Waals surface area contributed by atoms with Gasteiger partial charge in [0.2, 0.25) is 5.91 Å². The molecule has 1 aliphatic carbocycles. The van der Waals surface area contributed by atoms with Crippen LogP contribution in [-0.2, 0) is 22.6 Å². The molecule has 146 valence electrons. The fraction of sp³-hybridized carbons (Fsp3) is 0.524. The van der Waals surface area contributed by atoms with E-state index >= 15 is 0 Å². The van der Waals surface area contributed by atoms with E-state index in [1.54, 1.807) is 16.0 Å². The number of amides is 2. The third kappa shape index (κ3) is 2.80. The number of pyridine rings is 1.